The van der Waals surface area contributed by atoms with Gasteiger partial charge >= 0.3 is 0 Å². The van der Waals surface area contributed by atoms with Crippen LogP contribution in [0.15, 0.2) is 66.0 Å². The van der Waals surface area contributed by atoms with Crippen molar-refractivity contribution in [3.05, 3.63) is 77.2 Å². The molecule has 2 fully saturated rings. The van der Waals surface area contributed by atoms with Crippen LogP contribution in [0.1, 0.15) is 51.2 Å². The predicted molar refractivity (Wildman–Crippen MR) is 222 cm³/mol. The highest BCUT2D eigenvalue weighted by atomic mass is 32.1. The molecule has 58 heavy (non-hydrogen) atoms. The summed E-state index contributed by atoms with van der Waals surface area (Å²) in [7, 11) is 0. The highest BCUT2D eigenvalue weighted by Crippen LogP contribution is 2.33. The lowest BCUT2D eigenvalue weighted by atomic mass is 9.85. The highest BCUT2D eigenvalue weighted by Gasteiger charge is 2.44. The zero-order valence-corrected chi connectivity index (χ0v) is 34.1. The summed E-state index contributed by atoms with van der Waals surface area (Å²) in [5.41, 5.74) is 10.3. The highest BCUT2D eigenvalue weighted by molar-refractivity contribution is 7.13. The molecule has 15 nitrogen and oxygen atoms in total. The average molecular weight is 813 g/mol. The van der Waals surface area contributed by atoms with Crippen molar-refractivity contribution in [1.29, 1.82) is 0 Å². The number of ether oxygens (including phenoxy) is 1. The van der Waals surface area contributed by atoms with Crippen molar-refractivity contribution in [1.82, 2.24) is 31.0 Å². The number of nitrogens with two attached hydrogens (primary N) is 1. The van der Waals surface area contributed by atoms with E-state index in [-0.39, 0.29) is 55.5 Å². The van der Waals surface area contributed by atoms with Gasteiger partial charge < -0.3 is 46.4 Å². The molecule has 2 aromatic heterocycles. The first kappa shape index (κ1) is 42.0. The number of hydrogen-bond acceptors (Lipinski definition) is 12. The van der Waals surface area contributed by atoms with E-state index in [2.05, 4.69) is 49.4 Å². The van der Waals surface area contributed by atoms with Crippen molar-refractivity contribution in [2.75, 3.05) is 43.5 Å². The average Bonchev–Trinajstić information content (AvgIpc) is 3.81. The molecular formula is C42H52N8O7S. The van der Waals surface area contributed by atoms with Crippen molar-refractivity contribution in [2.24, 2.45) is 5.41 Å². The second-order valence-corrected chi connectivity index (χ2v) is 16.9. The quantitative estimate of drug-likeness (QED) is 0.115. The summed E-state index contributed by atoms with van der Waals surface area (Å²) < 4.78 is 5.46. The number of phenolic OH excluding ortho intramolecular Hbond substituents is 1. The van der Waals surface area contributed by atoms with E-state index in [0.29, 0.717) is 42.9 Å². The summed E-state index contributed by atoms with van der Waals surface area (Å²) in [6, 6.07) is 16.6. The van der Waals surface area contributed by atoms with Gasteiger partial charge in [-0.15, -0.1) is 21.5 Å². The molecule has 4 aromatic rings. The normalized spacial score (nSPS) is 17.8. The first-order chi connectivity index (χ1) is 27.7. The number of benzene rings is 2. The number of aromatic hydroxyl groups is 1. The lowest BCUT2D eigenvalue weighted by Gasteiger charge is -2.35. The summed E-state index contributed by atoms with van der Waals surface area (Å²) >= 11 is 1.67. The van der Waals surface area contributed by atoms with Gasteiger partial charge in [-0.2, -0.15) is 0 Å². The smallest absolute Gasteiger partial charge is 0.246 e. The predicted octanol–water partition coefficient (Wildman–Crippen LogP) is 3.38. The molecule has 4 amide bonds. The number of carbonyl (C=O) groups is 4. The van der Waals surface area contributed by atoms with Crippen LogP contribution >= 0.6 is 11.3 Å². The van der Waals surface area contributed by atoms with Crippen molar-refractivity contribution < 1.29 is 34.1 Å². The fraction of sp³-hybridized carbons (Fsp3) is 0.429. The Kier molecular flexibility index (Phi) is 13.3. The molecule has 0 aliphatic carbocycles. The molecule has 0 bridgehead atoms. The van der Waals surface area contributed by atoms with Crippen LogP contribution in [0.4, 0.5) is 11.5 Å². The fourth-order valence-electron chi connectivity index (χ4n) is 7.31. The number of amides is 4. The Hall–Kier alpha value is -5.58. The lowest BCUT2D eigenvalue weighted by molar-refractivity contribution is -0.145. The minimum atomic E-state index is -1.03. The topological polar surface area (TPSA) is 212 Å². The molecule has 7 N–H and O–H groups in total. The fourth-order valence-corrected chi connectivity index (χ4v) is 8.24. The maximum atomic E-state index is 14.0. The number of likely N-dealkylation sites (tertiary alicyclic amines) is 1. The largest absolute Gasteiger partial charge is 0.507 e. The Morgan fingerprint density at radius 1 is 1.00 bits per heavy atom. The van der Waals surface area contributed by atoms with Crippen LogP contribution in [0.25, 0.3) is 21.7 Å². The maximum Gasteiger partial charge on any atom is 0.246 e. The van der Waals surface area contributed by atoms with E-state index in [1.54, 1.807) is 62.4 Å². The Bertz CT molecular complexity index is 2100. The molecule has 0 spiro atoms. The van der Waals surface area contributed by atoms with Gasteiger partial charge in [-0.1, -0.05) is 57.2 Å². The molecule has 0 unspecified atom stereocenters. The zero-order valence-electron chi connectivity index (χ0n) is 33.2. The summed E-state index contributed by atoms with van der Waals surface area (Å²) in [4.78, 5) is 57.8. The van der Waals surface area contributed by atoms with E-state index in [1.165, 1.54) is 15.3 Å². The molecule has 6 rings (SSSR count). The van der Waals surface area contributed by atoms with Crippen molar-refractivity contribution in [3.8, 4) is 27.4 Å². The molecule has 2 aliphatic heterocycles. The third kappa shape index (κ3) is 10.3. The number of nitrogen functional groups attached to an aromatic ring is 1. The van der Waals surface area contributed by atoms with Gasteiger partial charge in [0.05, 0.1) is 17.5 Å². The molecule has 3 atom stereocenters. The van der Waals surface area contributed by atoms with Crippen LogP contribution < -0.4 is 26.6 Å². The number of nitrogens with one attached hydrogen (secondary N) is 3. The van der Waals surface area contributed by atoms with E-state index in [0.717, 1.165) is 11.1 Å². The van der Waals surface area contributed by atoms with Gasteiger partial charge in [-0.3, -0.25) is 19.2 Å². The van der Waals surface area contributed by atoms with Gasteiger partial charge in [0.1, 0.15) is 31.0 Å². The van der Waals surface area contributed by atoms with Gasteiger partial charge in [0.15, 0.2) is 5.82 Å². The zero-order chi connectivity index (χ0) is 41.6. The number of nitrogens with zero attached hydrogens (tertiary/aromatic N) is 4. The minimum Gasteiger partial charge on any atom is -0.507 e. The molecular weight excluding hydrogens is 761 g/mol. The number of aliphatic hydroxyl groups excluding tert-OH is 1. The number of aromatic nitrogens is 2. The van der Waals surface area contributed by atoms with Crippen molar-refractivity contribution in [3.63, 3.8) is 0 Å². The third-order valence-corrected chi connectivity index (χ3v) is 11.5. The molecule has 0 radical (unpaired) electrons. The first-order valence-electron chi connectivity index (χ1n) is 19.4. The number of piperidine rings is 1. The second kappa shape index (κ2) is 18.3. The van der Waals surface area contributed by atoms with Crippen LogP contribution in [0.2, 0.25) is 0 Å². The second-order valence-electron chi connectivity index (χ2n) is 15.9. The Labute approximate surface area is 342 Å². The van der Waals surface area contributed by atoms with E-state index in [1.807, 2.05) is 24.3 Å². The number of hydrogen-bond donors (Lipinski definition) is 6. The SMILES string of the molecule is Cc1ccsc1-c1ccc(CNC(=O)[C@@H]2C[C@@H](O)CN2C(=O)[C@@H](NC(=O)COCC(=O)NC2CCN(c3cc(-c4ccccc4O)nnc3N)CC2)C(C)(C)C)cc1. The third-order valence-electron chi connectivity index (χ3n) is 10.5. The molecule has 0 saturated carbocycles. The van der Waals surface area contributed by atoms with E-state index in [4.69, 9.17) is 10.5 Å². The van der Waals surface area contributed by atoms with Gasteiger partial charge in [-0.05, 0) is 71.5 Å². The minimum absolute atomic E-state index is 0.0457. The molecule has 2 aromatic carbocycles. The maximum absolute atomic E-state index is 14.0. The van der Waals surface area contributed by atoms with Gasteiger partial charge in [0.25, 0.3) is 0 Å². The standard InChI is InChI=1S/C42H52N8O7S/c1-25-15-18-58-37(25)27-11-9-26(10-12-27)21-44-40(55)33-19-29(51)22-50(33)41(56)38(42(2,3)4)46-36(54)24-57-23-35(53)45-28-13-16-49(17-14-28)32-20-31(47-48-39(32)43)30-7-5-6-8-34(30)52/h5-12,15,18,20,28-29,33,38,51-52H,13-14,16-17,19,21-24H2,1-4H3,(H2,43,48)(H,44,55)(H,45,53)(H,46,54)/t29-,33+,38-/m1/s1. The number of phenols is 1. The summed E-state index contributed by atoms with van der Waals surface area (Å²) in [6.07, 6.45) is 0.434. The number of aryl methyl sites for hydroxylation is 1. The number of para-hydroxylation sites is 1. The number of aliphatic hydroxyl groups is 1. The number of thiophene rings is 1. The summed E-state index contributed by atoms with van der Waals surface area (Å²) in [5.74, 6) is -1.50. The molecule has 2 aliphatic rings. The van der Waals surface area contributed by atoms with Crippen molar-refractivity contribution >= 4 is 46.5 Å². The van der Waals surface area contributed by atoms with Crippen LogP contribution in [0.3, 0.4) is 0 Å². The van der Waals surface area contributed by atoms with Gasteiger partial charge in [-0.25, -0.2) is 0 Å². The number of carbonyl (C=O) groups excluding carboxylic acids is 4. The molecule has 308 valence electrons. The molecule has 4 heterocycles. The number of rotatable bonds is 13. The first-order valence-corrected chi connectivity index (χ1v) is 20.3. The monoisotopic (exact) mass is 812 g/mol. The van der Waals surface area contributed by atoms with Gasteiger partial charge in [0.2, 0.25) is 23.6 Å². The van der Waals surface area contributed by atoms with Crippen LogP contribution in [-0.4, -0.2) is 106 Å². The Morgan fingerprint density at radius 2 is 1.71 bits per heavy atom. The van der Waals surface area contributed by atoms with Gasteiger partial charge in [0, 0.05) is 49.1 Å². The Morgan fingerprint density at radius 3 is 2.38 bits per heavy atom. The number of β-amino-alcohol motifs (C(OH)–C–C–N with tert-alkyl or cyclic N) is 1. The summed E-state index contributed by atoms with van der Waals surface area (Å²) in [6.45, 7) is 8.02. The van der Waals surface area contributed by atoms with Crippen LogP contribution in [-0.2, 0) is 30.5 Å². The lowest BCUT2D eigenvalue weighted by Crippen LogP contribution is -2.58. The summed E-state index contributed by atoms with van der Waals surface area (Å²) in [5, 5.41) is 39.7. The van der Waals surface area contributed by atoms with E-state index < -0.39 is 42.0 Å². The number of anilines is 2. The van der Waals surface area contributed by atoms with E-state index in [9.17, 15) is 29.4 Å². The van der Waals surface area contributed by atoms with Crippen LogP contribution in [0, 0.1) is 12.3 Å². The molecule has 2 saturated heterocycles. The molecule has 16 heteroatoms. The van der Waals surface area contributed by atoms with Crippen LogP contribution in [0.5, 0.6) is 5.75 Å². The Balaban J connectivity index is 0.955. The van der Waals surface area contributed by atoms with Crippen molar-refractivity contribution in [2.45, 2.75) is 77.7 Å². The van der Waals surface area contributed by atoms with E-state index >= 15 is 0 Å².